The average Bonchev–Trinajstić information content (AvgIpc) is 2.61. The molecule has 84 valence electrons. The minimum Gasteiger partial charge on any atom is -0.332 e. The summed E-state index contributed by atoms with van der Waals surface area (Å²) in [5.74, 6) is 1.23. The van der Waals surface area contributed by atoms with E-state index in [1.165, 1.54) is 17.9 Å². The Morgan fingerprint density at radius 2 is 2.40 bits per heavy atom. The fourth-order valence-electron chi connectivity index (χ4n) is 2.27. The maximum atomic E-state index is 5.58. The lowest BCUT2D eigenvalue weighted by Crippen LogP contribution is -2.36. The molecule has 1 aliphatic rings. The Morgan fingerprint density at radius 1 is 1.60 bits per heavy atom. The molecule has 1 aromatic heterocycles. The smallest absolute Gasteiger partial charge is 0.110 e. The van der Waals surface area contributed by atoms with Crippen molar-refractivity contribution in [3.05, 3.63) is 17.7 Å². The van der Waals surface area contributed by atoms with Crippen LogP contribution in [0.5, 0.6) is 0 Å². The molecule has 15 heavy (non-hydrogen) atoms. The summed E-state index contributed by atoms with van der Waals surface area (Å²) >= 11 is 0. The van der Waals surface area contributed by atoms with Crippen molar-refractivity contribution in [3.63, 3.8) is 0 Å². The van der Waals surface area contributed by atoms with Crippen molar-refractivity contribution in [3.8, 4) is 0 Å². The quantitative estimate of drug-likeness (QED) is 0.775. The first kappa shape index (κ1) is 10.6. The summed E-state index contributed by atoms with van der Waals surface area (Å²) in [5, 5.41) is 0. The average molecular weight is 208 g/mol. The van der Waals surface area contributed by atoms with Crippen LogP contribution < -0.4 is 5.73 Å². The third-order valence-electron chi connectivity index (χ3n) is 3.26. The van der Waals surface area contributed by atoms with E-state index in [1.807, 2.05) is 6.20 Å². The number of rotatable bonds is 3. The van der Waals surface area contributed by atoms with E-state index in [9.17, 15) is 0 Å². The van der Waals surface area contributed by atoms with Gasteiger partial charge in [0.1, 0.15) is 5.82 Å². The van der Waals surface area contributed by atoms with Gasteiger partial charge in [-0.05, 0) is 27.1 Å². The lowest BCUT2D eigenvalue weighted by Gasteiger charge is -2.29. The van der Waals surface area contributed by atoms with Crippen molar-refractivity contribution in [1.29, 1.82) is 0 Å². The van der Waals surface area contributed by atoms with Crippen LogP contribution in [-0.4, -0.2) is 41.1 Å². The van der Waals surface area contributed by atoms with E-state index < -0.39 is 0 Å². The number of aromatic nitrogens is 2. The number of hydrogen-bond donors (Lipinski definition) is 1. The molecule has 0 saturated heterocycles. The first-order valence-electron chi connectivity index (χ1n) is 5.62. The Kier molecular flexibility index (Phi) is 3.07. The Labute approximate surface area is 91.1 Å². The molecule has 0 amide bonds. The van der Waals surface area contributed by atoms with Crippen molar-refractivity contribution in [2.24, 2.45) is 5.73 Å². The lowest BCUT2D eigenvalue weighted by atomic mass is 10.1. The van der Waals surface area contributed by atoms with Crippen LogP contribution in [-0.2, 0) is 19.4 Å². The molecule has 2 rings (SSSR count). The van der Waals surface area contributed by atoms with E-state index in [1.54, 1.807) is 0 Å². The van der Waals surface area contributed by atoms with Gasteiger partial charge in [0.15, 0.2) is 0 Å². The summed E-state index contributed by atoms with van der Waals surface area (Å²) in [5.41, 5.74) is 6.88. The first-order chi connectivity index (χ1) is 7.22. The van der Waals surface area contributed by atoms with E-state index in [4.69, 9.17) is 5.73 Å². The van der Waals surface area contributed by atoms with Gasteiger partial charge in [-0.25, -0.2) is 4.98 Å². The minimum atomic E-state index is 0.644. The molecule has 2 heterocycles. The van der Waals surface area contributed by atoms with Gasteiger partial charge in [0.2, 0.25) is 0 Å². The highest BCUT2D eigenvalue weighted by atomic mass is 15.2. The van der Waals surface area contributed by atoms with Crippen LogP contribution in [0.3, 0.4) is 0 Å². The molecule has 0 radical (unpaired) electrons. The highest BCUT2D eigenvalue weighted by molar-refractivity contribution is 5.09. The summed E-state index contributed by atoms with van der Waals surface area (Å²) in [6, 6.07) is 0.644. The van der Waals surface area contributed by atoms with Gasteiger partial charge in [-0.15, -0.1) is 0 Å². The minimum absolute atomic E-state index is 0.644. The molecule has 1 aromatic rings. The Bertz CT molecular complexity index is 329. The molecular weight excluding hydrogens is 188 g/mol. The molecular formula is C11H20N4. The molecule has 4 heteroatoms. The van der Waals surface area contributed by atoms with Crippen LogP contribution in [0.25, 0.3) is 0 Å². The molecule has 0 bridgehead atoms. The zero-order chi connectivity index (χ0) is 10.8. The fraction of sp³-hybridized carbons (Fsp3) is 0.727. The molecule has 0 aliphatic carbocycles. The number of likely N-dealkylation sites (N-methyl/N-ethyl adjacent to an activating group) is 1. The second-order valence-electron chi connectivity index (χ2n) is 4.47. The van der Waals surface area contributed by atoms with Crippen LogP contribution in [0.1, 0.15) is 17.9 Å². The largest absolute Gasteiger partial charge is 0.332 e. The Balaban J connectivity index is 2.15. The molecule has 1 atom stereocenters. The summed E-state index contributed by atoms with van der Waals surface area (Å²) in [4.78, 5) is 6.78. The summed E-state index contributed by atoms with van der Waals surface area (Å²) in [6.07, 6.45) is 5.21. The summed E-state index contributed by atoms with van der Waals surface area (Å²) < 4.78 is 2.34. The van der Waals surface area contributed by atoms with Crippen molar-refractivity contribution in [1.82, 2.24) is 14.5 Å². The zero-order valence-corrected chi connectivity index (χ0v) is 9.61. The predicted molar refractivity (Wildman–Crippen MR) is 60.8 cm³/mol. The number of hydrogen-bond acceptors (Lipinski definition) is 3. The number of nitrogens with zero attached hydrogens (tertiary/aromatic N) is 3. The van der Waals surface area contributed by atoms with Gasteiger partial charge in [-0.2, -0.15) is 0 Å². The first-order valence-corrected chi connectivity index (χ1v) is 5.62. The topological polar surface area (TPSA) is 47.1 Å². The van der Waals surface area contributed by atoms with Gasteiger partial charge in [0.25, 0.3) is 0 Å². The highest BCUT2D eigenvalue weighted by Crippen LogP contribution is 2.19. The van der Waals surface area contributed by atoms with Gasteiger partial charge in [0.05, 0.1) is 0 Å². The number of nitrogens with two attached hydrogens (primary N) is 1. The third kappa shape index (κ3) is 2.06. The van der Waals surface area contributed by atoms with E-state index >= 15 is 0 Å². The van der Waals surface area contributed by atoms with Crippen LogP contribution >= 0.6 is 0 Å². The van der Waals surface area contributed by atoms with Crippen molar-refractivity contribution in [2.45, 2.75) is 31.8 Å². The third-order valence-corrected chi connectivity index (χ3v) is 3.26. The molecule has 2 N–H and O–H groups in total. The van der Waals surface area contributed by atoms with Crippen LogP contribution in [0.2, 0.25) is 0 Å². The standard InChI is InChI=1S/C11H20N4/c1-14(2)9-4-6-15-10(3-5-12)8-13-11(15)7-9/h8-9H,3-7,12H2,1-2H3. The highest BCUT2D eigenvalue weighted by Gasteiger charge is 2.22. The Hall–Kier alpha value is -0.870. The van der Waals surface area contributed by atoms with Gasteiger partial charge < -0.3 is 15.2 Å². The van der Waals surface area contributed by atoms with E-state index in [0.29, 0.717) is 12.6 Å². The van der Waals surface area contributed by atoms with Gasteiger partial charge in [-0.1, -0.05) is 0 Å². The fourth-order valence-corrected chi connectivity index (χ4v) is 2.27. The molecule has 0 aromatic carbocycles. The summed E-state index contributed by atoms with van der Waals surface area (Å²) in [6.45, 7) is 1.80. The second kappa shape index (κ2) is 4.33. The van der Waals surface area contributed by atoms with Gasteiger partial charge in [-0.3, -0.25) is 0 Å². The maximum absolute atomic E-state index is 5.58. The van der Waals surface area contributed by atoms with Crippen LogP contribution in [0, 0.1) is 0 Å². The molecule has 0 saturated carbocycles. The molecule has 4 nitrogen and oxygen atoms in total. The van der Waals surface area contributed by atoms with Crippen molar-refractivity contribution in [2.75, 3.05) is 20.6 Å². The maximum Gasteiger partial charge on any atom is 0.110 e. The zero-order valence-electron chi connectivity index (χ0n) is 9.61. The van der Waals surface area contributed by atoms with E-state index in [0.717, 1.165) is 19.4 Å². The molecule has 1 aliphatic heterocycles. The van der Waals surface area contributed by atoms with Gasteiger partial charge in [0, 0.05) is 37.3 Å². The number of imidazole rings is 1. The van der Waals surface area contributed by atoms with Crippen LogP contribution in [0.15, 0.2) is 6.20 Å². The number of fused-ring (bicyclic) bond motifs is 1. The van der Waals surface area contributed by atoms with Crippen molar-refractivity contribution < 1.29 is 0 Å². The Morgan fingerprint density at radius 3 is 3.07 bits per heavy atom. The van der Waals surface area contributed by atoms with E-state index in [2.05, 4.69) is 28.5 Å². The van der Waals surface area contributed by atoms with Gasteiger partial charge >= 0.3 is 0 Å². The molecule has 0 spiro atoms. The van der Waals surface area contributed by atoms with E-state index in [-0.39, 0.29) is 0 Å². The normalized spacial score (nSPS) is 20.7. The second-order valence-corrected chi connectivity index (χ2v) is 4.47. The lowest BCUT2D eigenvalue weighted by molar-refractivity contribution is 0.241. The van der Waals surface area contributed by atoms with Crippen LogP contribution in [0.4, 0.5) is 0 Å². The SMILES string of the molecule is CN(C)C1CCn2c(CCN)cnc2C1. The predicted octanol–water partition coefficient (Wildman–Crippen LogP) is 0.261. The molecule has 0 fully saturated rings. The monoisotopic (exact) mass is 208 g/mol. The molecule has 1 unspecified atom stereocenters. The van der Waals surface area contributed by atoms with Crippen molar-refractivity contribution >= 4 is 0 Å². The summed E-state index contributed by atoms with van der Waals surface area (Å²) in [7, 11) is 4.29.